The molecule has 0 aliphatic heterocycles. The molecule has 0 aliphatic carbocycles. The van der Waals surface area contributed by atoms with Crippen LogP contribution in [0.25, 0.3) is 0 Å². The van der Waals surface area contributed by atoms with Crippen molar-refractivity contribution in [2.75, 3.05) is 11.1 Å². The van der Waals surface area contributed by atoms with E-state index in [9.17, 15) is 9.59 Å². The lowest BCUT2D eigenvalue weighted by molar-refractivity contribution is -0.119. The molecule has 0 spiro atoms. The molecule has 0 saturated heterocycles. The molecule has 6 nitrogen and oxygen atoms in total. The van der Waals surface area contributed by atoms with Crippen LogP contribution in [0.5, 0.6) is 0 Å². The predicted octanol–water partition coefficient (Wildman–Crippen LogP) is 2.20. The normalized spacial score (nSPS) is 13.8. The maximum absolute atomic E-state index is 11.9. The molecule has 1 aromatic rings. The number of thioether (sulfide) groups is 1. The van der Waals surface area contributed by atoms with Crippen LogP contribution in [-0.2, 0) is 9.59 Å². The van der Waals surface area contributed by atoms with E-state index in [-0.39, 0.29) is 28.9 Å². The summed E-state index contributed by atoms with van der Waals surface area (Å²) in [6.07, 6.45) is 0. The number of nitrogens with one attached hydrogen (secondary N) is 2. The summed E-state index contributed by atoms with van der Waals surface area (Å²) in [5.74, 6) is 1.41. The fourth-order valence-corrected chi connectivity index (χ4v) is 2.09. The molecule has 2 atom stereocenters. The monoisotopic (exact) mass is 313 g/mol. The molecule has 1 aromatic heterocycles. The molecule has 0 radical (unpaired) electrons. The van der Waals surface area contributed by atoms with Gasteiger partial charge in [0.25, 0.3) is 0 Å². The molecular formula is C14H23N3O3S. The number of rotatable bonds is 7. The van der Waals surface area contributed by atoms with Crippen molar-refractivity contribution in [2.45, 2.75) is 45.9 Å². The quantitative estimate of drug-likeness (QED) is 0.806. The van der Waals surface area contributed by atoms with Crippen LogP contribution in [-0.4, -0.2) is 34.0 Å². The maximum atomic E-state index is 11.9. The van der Waals surface area contributed by atoms with Crippen molar-refractivity contribution in [3.8, 4) is 0 Å². The lowest BCUT2D eigenvalue weighted by atomic mass is 10.1. The Kier molecular flexibility index (Phi) is 6.74. The standard InChI is InChI=1S/C14H23N3O3S/c1-8(2)10(4)15-13(18)7-21-11(5)14(19)16-12-6-9(3)20-17-12/h6,8,10-11H,7H2,1-5H3,(H,15,18)(H,16,17,19)/t10-,11+/m0/s1. The van der Waals surface area contributed by atoms with Gasteiger partial charge in [-0.05, 0) is 26.7 Å². The SMILES string of the molecule is Cc1cc(NC(=O)[C@@H](C)SCC(=O)N[C@@H](C)C(C)C)no1. The van der Waals surface area contributed by atoms with Gasteiger partial charge in [-0.15, -0.1) is 11.8 Å². The van der Waals surface area contributed by atoms with Crippen molar-refractivity contribution in [3.05, 3.63) is 11.8 Å². The molecule has 0 bridgehead atoms. The highest BCUT2D eigenvalue weighted by atomic mass is 32.2. The van der Waals surface area contributed by atoms with Gasteiger partial charge in [0.1, 0.15) is 5.76 Å². The highest BCUT2D eigenvalue weighted by Gasteiger charge is 2.18. The molecule has 1 heterocycles. The lowest BCUT2D eigenvalue weighted by Gasteiger charge is -2.18. The minimum absolute atomic E-state index is 0.0573. The third kappa shape index (κ3) is 6.20. The molecule has 0 unspecified atom stereocenters. The van der Waals surface area contributed by atoms with Crippen molar-refractivity contribution < 1.29 is 14.1 Å². The highest BCUT2D eigenvalue weighted by Crippen LogP contribution is 2.14. The van der Waals surface area contributed by atoms with Crippen molar-refractivity contribution in [1.29, 1.82) is 0 Å². The fraction of sp³-hybridized carbons (Fsp3) is 0.643. The van der Waals surface area contributed by atoms with E-state index in [1.807, 2.05) is 20.8 Å². The van der Waals surface area contributed by atoms with E-state index in [0.717, 1.165) is 0 Å². The average Bonchev–Trinajstić information content (AvgIpc) is 2.81. The van der Waals surface area contributed by atoms with Crippen LogP contribution in [0.3, 0.4) is 0 Å². The van der Waals surface area contributed by atoms with Crippen molar-refractivity contribution >= 4 is 29.4 Å². The van der Waals surface area contributed by atoms with E-state index < -0.39 is 0 Å². The molecule has 2 N–H and O–H groups in total. The summed E-state index contributed by atoms with van der Waals surface area (Å²) in [5.41, 5.74) is 0. The molecule has 21 heavy (non-hydrogen) atoms. The van der Waals surface area contributed by atoms with Crippen molar-refractivity contribution in [2.24, 2.45) is 5.92 Å². The summed E-state index contributed by atoms with van der Waals surface area (Å²) in [4.78, 5) is 23.7. The highest BCUT2D eigenvalue weighted by molar-refractivity contribution is 8.01. The first-order valence-electron chi connectivity index (χ1n) is 6.94. The summed E-state index contributed by atoms with van der Waals surface area (Å²) < 4.78 is 4.87. The lowest BCUT2D eigenvalue weighted by Crippen LogP contribution is -2.37. The van der Waals surface area contributed by atoms with Crippen LogP contribution >= 0.6 is 11.8 Å². The Morgan fingerprint density at radius 2 is 2.00 bits per heavy atom. The number of carbonyl (C=O) groups is 2. The summed E-state index contributed by atoms with van der Waals surface area (Å²) in [5, 5.41) is 8.91. The Morgan fingerprint density at radius 3 is 2.52 bits per heavy atom. The largest absolute Gasteiger partial charge is 0.360 e. The summed E-state index contributed by atoms with van der Waals surface area (Å²) in [7, 11) is 0. The zero-order chi connectivity index (χ0) is 16.0. The Balaban J connectivity index is 2.34. The van der Waals surface area contributed by atoms with Crippen LogP contribution in [0, 0.1) is 12.8 Å². The van der Waals surface area contributed by atoms with Crippen LogP contribution in [0.15, 0.2) is 10.6 Å². The first kappa shape index (κ1) is 17.6. The fourth-order valence-electron chi connectivity index (χ4n) is 1.39. The second-order valence-electron chi connectivity index (χ2n) is 5.37. The maximum Gasteiger partial charge on any atom is 0.238 e. The Bertz CT molecular complexity index is 488. The molecular weight excluding hydrogens is 290 g/mol. The van der Waals surface area contributed by atoms with E-state index in [0.29, 0.717) is 17.5 Å². The van der Waals surface area contributed by atoms with Gasteiger partial charge in [0.05, 0.1) is 11.0 Å². The predicted molar refractivity (Wildman–Crippen MR) is 84.2 cm³/mol. The number of anilines is 1. The van der Waals surface area contributed by atoms with Gasteiger partial charge in [-0.1, -0.05) is 19.0 Å². The van der Waals surface area contributed by atoms with Crippen molar-refractivity contribution in [3.63, 3.8) is 0 Å². The van der Waals surface area contributed by atoms with E-state index in [2.05, 4.69) is 15.8 Å². The van der Waals surface area contributed by atoms with E-state index in [1.165, 1.54) is 11.8 Å². The van der Waals surface area contributed by atoms with Gasteiger partial charge >= 0.3 is 0 Å². The number of aryl methyl sites for hydroxylation is 1. The zero-order valence-corrected chi connectivity index (χ0v) is 13.9. The summed E-state index contributed by atoms with van der Waals surface area (Å²) in [6, 6.07) is 1.77. The second-order valence-corrected chi connectivity index (χ2v) is 6.69. The zero-order valence-electron chi connectivity index (χ0n) is 13.1. The molecule has 2 amide bonds. The molecule has 0 aliphatic rings. The Hall–Kier alpha value is -1.50. The van der Waals surface area contributed by atoms with Gasteiger partial charge in [-0.3, -0.25) is 9.59 Å². The number of aromatic nitrogens is 1. The van der Waals surface area contributed by atoms with Crippen molar-refractivity contribution in [1.82, 2.24) is 10.5 Å². The second kappa shape index (κ2) is 8.07. The first-order chi connectivity index (χ1) is 9.79. The molecule has 1 rings (SSSR count). The Labute approximate surface area is 129 Å². The Morgan fingerprint density at radius 1 is 1.33 bits per heavy atom. The van der Waals surface area contributed by atoms with Crippen LogP contribution in [0.4, 0.5) is 5.82 Å². The van der Waals surface area contributed by atoms with Crippen LogP contribution < -0.4 is 10.6 Å². The third-order valence-corrected chi connectivity index (χ3v) is 4.24. The topological polar surface area (TPSA) is 84.2 Å². The van der Waals surface area contributed by atoms with Crippen LogP contribution in [0.1, 0.15) is 33.5 Å². The molecule has 0 saturated carbocycles. The smallest absolute Gasteiger partial charge is 0.238 e. The van der Waals surface area contributed by atoms with Gasteiger partial charge in [0.15, 0.2) is 5.82 Å². The number of amides is 2. The van der Waals surface area contributed by atoms with Gasteiger partial charge in [-0.2, -0.15) is 0 Å². The van der Waals surface area contributed by atoms with Gasteiger partial charge in [0, 0.05) is 12.1 Å². The van der Waals surface area contributed by atoms with Crippen LogP contribution in [0.2, 0.25) is 0 Å². The molecule has 0 fully saturated rings. The van der Waals surface area contributed by atoms with Gasteiger partial charge < -0.3 is 15.2 Å². The molecule has 0 aromatic carbocycles. The number of nitrogens with zero attached hydrogens (tertiary/aromatic N) is 1. The number of carbonyl (C=O) groups excluding carboxylic acids is 2. The molecule has 118 valence electrons. The average molecular weight is 313 g/mol. The summed E-state index contributed by atoms with van der Waals surface area (Å²) in [6.45, 7) is 9.57. The number of hydrogen-bond acceptors (Lipinski definition) is 5. The van der Waals surface area contributed by atoms with E-state index >= 15 is 0 Å². The minimum atomic E-state index is -0.345. The van der Waals surface area contributed by atoms with E-state index in [1.54, 1.807) is 19.9 Å². The first-order valence-corrected chi connectivity index (χ1v) is 7.99. The number of hydrogen-bond donors (Lipinski definition) is 2. The third-order valence-electron chi connectivity index (χ3n) is 3.10. The summed E-state index contributed by atoms with van der Waals surface area (Å²) >= 11 is 1.29. The van der Waals surface area contributed by atoms with E-state index in [4.69, 9.17) is 4.52 Å². The van der Waals surface area contributed by atoms with Gasteiger partial charge in [-0.25, -0.2) is 0 Å². The van der Waals surface area contributed by atoms with Gasteiger partial charge in [0.2, 0.25) is 11.8 Å². The minimum Gasteiger partial charge on any atom is -0.360 e. The molecule has 7 heteroatoms.